The molecule has 0 radical (unpaired) electrons. The van der Waals surface area contributed by atoms with E-state index in [1.165, 1.54) is 18.4 Å². The third kappa shape index (κ3) is 1.35. The summed E-state index contributed by atoms with van der Waals surface area (Å²) in [5.74, 6) is 0. The molecule has 0 atom stereocenters. The first kappa shape index (κ1) is 8.69. The van der Waals surface area contributed by atoms with Gasteiger partial charge in [0.15, 0.2) is 0 Å². The Labute approximate surface area is 81.4 Å². The highest BCUT2D eigenvalue weighted by Gasteiger charge is 2.13. The van der Waals surface area contributed by atoms with Gasteiger partial charge in [-0.3, -0.25) is 4.98 Å². The van der Waals surface area contributed by atoms with E-state index in [0.29, 0.717) is 4.64 Å². The Morgan fingerprint density at radius 1 is 1.38 bits per heavy atom. The quantitative estimate of drug-likeness (QED) is 0.635. The summed E-state index contributed by atoms with van der Waals surface area (Å²) in [6.45, 7) is 0. The van der Waals surface area contributed by atoms with Gasteiger partial charge in [-0.2, -0.15) is 0 Å². The van der Waals surface area contributed by atoms with Crippen molar-refractivity contribution in [3.05, 3.63) is 26.4 Å². The zero-order chi connectivity index (χ0) is 9.42. The lowest BCUT2D eigenvalue weighted by Gasteiger charge is -2.17. The van der Waals surface area contributed by atoms with Crippen LogP contribution < -0.4 is 5.69 Å². The lowest BCUT2D eigenvalue weighted by atomic mass is 9.97. The molecule has 4 heteroatoms. The second-order valence-corrected chi connectivity index (χ2v) is 3.86. The van der Waals surface area contributed by atoms with Gasteiger partial charge in [0, 0.05) is 18.3 Å². The van der Waals surface area contributed by atoms with Crippen LogP contribution >= 0.6 is 12.2 Å². The predicted molar refractivity (Wildman–Crippen MR) is 53.5 cm³/mol. The molecule has 2 rings (SSSR count). The van der Waals surface area contributed by atoms with E-state index < -0.39 is 0 Å². The number of nitrogens with zero attached hydrogens (tertiary/aromatic N) is 1. The molecule has 0 saturated heterocycles. The van der Waals surface area contributed by atoms with Crippen LogP contribution in [-0.4, -0.2) is 9.55 Å². The summed E-state index contributed by atoms with van der Waals surface area (Å²) in [7, 11) is 1.80. The minimum absolute atomic E-state index is 0.0920. The SMILES string of the molecule is Cn1c2c(c(=S)[nH]c1=O)CCCC2. The number of hydrogen-bond donors (Lipinski definition) is 1. The second kappa shape index (κ2) is 3.10. The smallest absolute Gasteiger partial charge is 0.301 e. The first-order chi connectivity index (χ1) is 6.20. The highest BCUT2D eigenvalue weighted by molar-refractivity contribution is 7.71. The summed E-state index contributed by atoms with van der Waals surface area (Å²) in [5.41, 5.74) is 2.20. The van der Waals surface area contributed by atoms with E-state index in [9.17, 15) is 4.79 Å². The van der Waals surface area contributed by atoms with Crippen molar-refractivity contribution >= 4 is 12.2 Å². The molecule has 0 unspecified atom stereocenters. The van der Waals surface area contributed by atoms with Crippen molar-refractivity contribution in [1.29, 1.82) is 0 Å². The Bertz CT molecular complexity index is 444. The van der Waals surface area contributed by atoms with Gasteiger partial charge in [-0.15, -0.1) is 0 Å². The fourth-order valence-electron chi connectivity index (χ4n) is 1.88. The molecule has 0 amide bonds. The average molecular weight is 196 g/mol. The van der Waals surface area contributed by atoms with Gasteiger partial charge in [0.2, 0.25) is 0 Å². The molecule has 0 fully saturated rings. The van der Waals surface area contributed by atoms with Crippen LogP contribution in [0.4, 0.5) is 0 Å². The largest absolute Gasteiger partial charge is 0.326 e. The molecule has 1 heterocycles. The highest BCUT2D eigenvalue weighted by Crippen LogP contribution is 2.19. The number of aromatic nitrogens is 2. The molecule has 0 bridgehead atoms. The molecule has 0 aromatic carbocycles. The van der Waals surface area contributed by atoms with Gasteiger partial charge in [-0.25, -0.2) is 4.79 Å². The Hall–Kier alpha value is -0.900. The summed E-state index contributed by atoms with van der Waals surface area (Å²) < 4.78 is 2.32. The molecule has 0 saturated carbocycles. The molecule has 3 nitrogen and oxygen atoms in total. The summed E-state index contributed by atoms with van der Waals surface area (Å²) in [6.07, 6.45) is 4.35. The lowest BCUT2D eigenvalue weighted by molar-refractivity contribution is 0.607. The molecule has 0 spiro atoms. The standard InChI is InChI=1S/C9H12N2OS/c1-11-7-5-3-2-4-6(7)8(13)10-9(11)12/h2-5H2,1H3,(H,10,12,13). The number of aromatic amines is 1. The number of fused-ring (bicyclic) bond motifs is 1. The maximum atomic E-state index is 11.4. The average Bonchev–Trinajstić information content (AvgIpc) is 2.15. The van der Waals surface area contributed by atoms with Crippen molar-refractivity contribution < 1.29 is 0 Å². The van der Waals surface area contributed by atoms with Gasteiger partial charge in [0.25, 0.3) is 0 Å². The van der Waals surface area contributed by atoms with Crippen molar-refractivity contribution in [3.8, 4) is 0 Å². The van der Waals surface area contributed by atoms with Crippen LogP contribution in [0.25, 0.3) is 0 Å². The summed E-state index contributed by atoms with van der Waals surface area (Å²) in [5, 5.41) is 0. The minimum Gasteiger partial charge on any atom is -0.301 e. The van der Waals surface area contributed by atoms with E-state index in [1.807, 2.05) is 0 Å². The molecule has 1 aliphatic rings. The lowest BCUT2D eigenvalue weighted by Crippen LogP contribution is -2.27. The molecule has 1 N–H and O–H groups in total. The monoisotopic (exact) mass is 196 g/mol. The van der Waals surface area contributed by atoms with Crippen LogP contribution in [0, 0.1) is 4.64 Å². The van der Waals surface area contributed by atoms with E-state index in [4.69, 9.17) is 12.2 Å². The van der Waals surface area contributed by atoms with Gasteiger partial charge in [-0.1, -0.05) is 12.2 Å². The molecule has 1 aromatic heterocycles. The van der Waals surface area contributed by atoms with Gasteiger partial charge in [0.05, 0.1) is 0 Å². The maximum absolute atomic E-state index is 11.4. The Morgan fingerprint density at radius 2 is 2.08 bits per heavy atom. The fraction of sp³-hybridized carbons (Fsp3) is 0.556. The number of rotatable bonds is 0. The van der Waals surface area contributed by atoms with Gasteiger partial charge < -0.3 is 4.57 Å². The van der Waals surface area contributed by atoms with Crippen molar-refractivity contribution in [3.63, 3.8) is 0 Å². The molecule has 0 aliphatic heterocycles. The van der Waals surface area contributed by atoms with Gasteiger partial charge in [0.1, 0.15) is 4.64 Å². The van der Waals surface area contributed by atoms with E-state index in [2.05, 4.69) is 4.98 Å². The van der Waals surface area contributed by atoms with E-state index >= 15 is 0 Å². The minimum atomic E-state index is -0.0920. The second-order valence-electron chi connectivity index (χ2n) is 3.45. The van der Waals surface area contributed by atoms with Crippen LogP contribution in [0.2, 0.25) is 0 Å². The number of hydrogen-bond acceptors (Lipinski definition) is 2. The zero-order valence-electron chi connectivity index (χ0n) is 7.59. The Kier molecular flexibility index (Phi) is 2.07. The fourth-order valence-corrected chi connectivity index (χ4v) is 2.19. The van der Waals surface area contributed by atoms with E-state index in [1.54, 1.807) is 11.6 Å². The molecule has 70 valence electrons. The van der Waals surface area contributed by atoms with Crippen LogP contribution in [0.3, 0.4) is 0 Å². The number of nitrogens with one attached hydrogen (secondary N) is 1. The van der Waals surface area contributed by atoms with Crippen molar-refractivity contribution in [2.45, 2.75) is 25.7 Å². The first-order valence-electron chi connectivity index (χ1n) is 4.51. The van der Waals surface area contributed by atoms with Crippen molar-refractivity contribution in [2.24, 2.45) is 7.05 Å². The molecule has 1 aliphatic carbocycles. The summed E-state index contributed by atoms with van der Waals surface area (Å²) >= 11 is 5.12. The first-order valence-corrected chi connectivity index (χ1v) is 4.92. The summed E-state index contributed by atoms with van der Waals surface area (Å²) in [4.78, 5) is 14.0. The normalized spacial score (nSPS) is 15.5. The van der Waals surface area contributed by atoms with Crippen LogP contribution in [0.1, 0.15) is 24.1 Å². The topological polar surface area (TPSA) is 37.8 Å². The van der Waals surface area contributed by atoms with Crippen molar-refractivity contribution in [1.82, 2.24) is 9.55 Å². The molecular formula is C9H12N2OS. The van der Waals surface area contributed by atoms with E-state index in [0.717, 1.165) is 18.5 Å². The summed E-state index contributed by atoms with van der Waals surface area (Å²) in [6, 6.07) is 0. The van der Waals surface area contributed by atoms with Crippen molar-refractivity contribution in [2.75, 3.05) is 0 Å². The molecule has 1 aromatic rings. The zero-order valence-corrected chi connectivity index (χ0v) is 8.41. The third-order valence-electron chi connectivity index (χ3n) is 2.64. The highest BCUT2D eigenvalue weighted by atomic mass is 32.1. The van der Waals surface area contributed by atoms with Crippen LogP contribution in [0.15, 0.2) is 4.79 Å². The Morgan fingerprint density at radius 3 is 2.85 bits per heavy atom. The third-order valence-corrected chi connectivity index (χ3v) is 2.99. The predicted octanol–water partition coefficient (Wildman–Crippen LogP) is 1.32. The van der Waals surface area contributed by atoms with Gasteiger partial charge in [-0.05, 0) is 25.7 Å². The Balaban J connectivity index is 2.77. The number of H-pyrrole nitrogens is 1. The van der Waals surface area contributed by atoms with E-state index in [-0.39, 0.29) is 5.69 Å². The van der Waals surface area contributed by atoms with Crippen LogP contribution in [0.5, 0.6) is 0 Å². The maximum Gasteiger partial charge on any atom is 0.326 e. The van der Waals surface area contributed by atoms with Crippen LogP contribution in [-0.2, 0) is 19.9 Å². The molecule has 13 heavy (non-hydrogen) atoms. The van der Waals surface area contributed by atoms with Gasteiger partial charge >= 0.3 is 5.69 Å². The molecular weight excluding hydrogens is 184 g/mol.